The van der Waals surface area contributed by atoms with Gasteiger partial charge in [0.1, 0.15) is 6.04 Å². The molecule has 0 amide bonds. The Morgan fingerprint density at radius 2 is 2.31 bits per heavy atom. The minimum absolute atomic E-state index is 0.0927. The second-order valence-corrected chi connectivity index (χ2v) is 2.83. The minimum atomic E-state index is -0.335. The Hall–Kier alpha value is -0.650. The zero-order chi connectivity index (χ0) is 10.3. The number of carbonyl (C=O) groups is 1. The van der Waals surface area contributed by atoms with Gasteiger partial charge in [-0.2, -0.15) is 0 Å². The first-order valence-electron chi connectivity index (χ1n) is 4.33. The quantitative estimate of drug-likeness (QED) is 0.460. The molecule has 2 unspecified atom stereocenters. The molecule has 78 valence electrons. The van der Waals surface area contributed by atoms with E-state index in [1.807, 2.05) is 6.92 Å². The summed E-state index contributed by atoms with van der Waals surface area (Å²) in [6.45, 7) is 2.19. The van der Waals surface area contributed by atoms with E-state index in [4.69, 9.17) is 10.8 Å². The fourth-order valence-corrected chi connectivity index (χ4v) is 0.895. The van der Waals surface area contributed by atoms with E-state index in [2.05, 4.69) is 10.1 Å². The van der Waals surface area contributed by atoms with Crippen LogP contribution in [0.5, 0.6) is 0 Å². The van der Waals surface area contributed by atoms with E-state index in [1.54, 1.807) is 0 Å². The third kappa shape index (κ3) is 4.82. The molecular formula is C8H18N2O3. The van der Waals surface area contributed by atoms with Crippen molar-refractivity contribution in [1.82, 2.24) is 5.32 Å². The lowest BCUT2D eigenvalue weighted by molar-refractivity contribution is -0.143. The third-order valence-electron chi connectivity index (χ3n) is 1.75. The number of esters is 1. The molecule has 5 heteroatoms. The van der Waals surface area contributed by atoms with Crippen LogP contribution < -0.4 is 11.1 Å². The smallest absolute Gasteiger partial charge is 0.322 e. The molecule has 0 aliphatic carbocycles. The van der Waals surface area contributed by atoms with Gasteiger partial charge in [-0.3, -0.25) is 4.79 Å². The van der Waals surface area contributed by atoms with Crippen LogP contribution in [0, 0.1) is 0 Å². The lowest BCUT2D eigenvalue weighted by Gasteiger charge is -2.16. The fraction of sp³-hybridized carbons (Fsp3) is 0.875. The van der Waals surface area contributed by atoms with Crippen molar-refractivity contribution in [2.45, 2.75) is 25.4 Å². The standard InChI is InChI=1S/C8H18N2O3/c1-3-7(8(12)13-2)10-4-6(9)5-11/h6-7,10-11H,3-5,9H2,1-2H3. The number of methoxy groups -OCH3 is 1. The van der Waals surface area contributed by atoms with E-state index in [1.165, 1.54) is 7.11 Å². The monoisotopic (exact) mass is 190 g/mol. The average molecular weight is 190 g/mol. The molecule has 0 saturated heterocycles. The van der Waals surface area contributed by atoms with Gasteiger partial charge >= 0.3 is 5.97 Å². The Kier molecular flexibility index (Phi) is 6.48. The number of aliphatic hydroxyl groups is 1. The molecule has 0 radical (unpaired) electrons. The summed E-state index contributed by atoms with van der Waals surface area (Å²) in [4.78, 5) is 11.1. The van der Waals surface area contributed by atoms with E-state index < -0.39 is 0 Å². The molecule has 0 rings (SSSR count). The Morgan fingerprint density at radius 1 is 1.69 bits per heavy atom. The van der Waals surface area contributed by atoms with E-state index in [-0.39, 0.29) is 24.7 Å². The maximum absolute atomic E-state index is 11.1. The van der Waals surface area contributed by atoms with Crippen molar-refractivity contribution in [2.24, 2.45) is 5.73 Å². The van der Waals surface area contributed by atoms with E-state index >= 15 is 0 Å². The van der Waals surface area contributed by atoms with Crippen LogP contribution >= 0.6 is 0 Å². The normalized spacial score (nSPS) is 15.1. The van der Waals surface area contributed by atoms with Gasteiger partial charge in [0.05, 0.1) is 13.7 Å². The number of carbonyl (C=O) groups excluding carboxylic acids is 1. The fourth-order valence-electron chi connectivity index (χ4n) is 0.895. The van der Waals surface area contributed by atoms with Crippen molar-refractivity contribution in [3.63, 3.8) is 0 Å². The van der Waals surface area contributed by atoms with E-state index in [9.17, 15) is 4.79 Å². The maximum atomic E-state index is 11.1. The summed E-state index contributed by atoms with van der Waals surface area (Å²) in [6.07, 6.45) is 0.644. The summed E-state index contributed by atoms with van der Waals surface area (Å²) < 4.78 is 4.56. The molecule has 0 aliphatic rings. The topological polar surface area (TPSA) is 84.6 Å². The van der Waals surface area contributed by atoms with Gasteiger partial charge in [0.15, 0.2) is 0 Å². The predicted octanol–water partition coefficient (Wildman–Crippen LogP) is -1.15. The number of nitrogens with one attached hydrogen (secondary N) is 1. The Balaban J connectivity index is 3.78. The van der Waals surface area contributed by atoms with Crippen LogP contribution in [0.2, 0.25) is 0 Å². The number of rotatable bonds is 6. The number of hydrogen-bond donors (Lipinski definition) is 3. The molecule has 2 atom stereocenters. The van der Waals surface area contributed by atoms with E-state index in [0.717, 1.165) is 0 Å². The molecule has 0 bridgehead atoms. The highest BCUT2D eigenvalue weighted by molar-refractivity contribution is 5.75. The molecule has 0 aromatic heterocycles. The lowest BCUT2D eigenvalue weighted by atomic mass is 10.2. The first-order valence-corrected chi connectivity index (χ1v) is 4.33. The zero-order valence-electron chi connectivity index (χ0n) is 8.12. The van der Waals surface area contributed by atoms with Gasteiger partial charge in [-0.1, -0.05) is 6.92 Å². The molecule has 4 N–H and O–H groups in total. The lowest BCUT2D eigenvalue weighted by Crippen LogP contribution is -2.45. The molecule has 0 fully saturated rings. The molecule has 0 heterocycles. The van der Waals surface area contributed by atoms with Crippen LogP contribution in [0.4, 0.5) is 0 Å². The number of hydrogen-bond acceptors (Lipinski definition) is 5. The van der Waals surface area contributed by atoms with Gasteiger partial charge < -0.3 is 20.9 Å². The molecule has 13 heavy (non-hydrogen) atoms. The molecule has 0 aromatic carbocycles. The third-order valence-corrected chi connectivity index (χ3v) is 1.75. The molecule has 0 saturated carbocycles. The van der Waals surface area contributed by atoms with Crippen LogP contribution in [-0.2, 0) is 9.53 Å². The van der Waals surface area contributed by atoms with Gasteiger partial charge in [-0.15, -0.1) is 0 Å². The first kappa shape index (κ1) is 12.3. The molecular weight excluding hydrogens is 172 g/mol. The Bertz CT molecular complexity index is 152. The summed E-state index contributed by atoms with van der Waals surface area (Å²) in [5.41, 5.74) is 5.45. The highest BCUT2D eigenvalue weighted by atomic mass is 16.5. The van der Waals surface area contributed by atoms with Gasteiger partial charge in [-0.25, -0.2) is 0 Å². The van der Waals surface area contributed by atoms with Crippen LogP contribution in [-0.4, -0.2) is 43.4 Å². The predicted molar refractivity (Wildman–Crippen MR) is 49.2 cm³/mol. The van der Waals surface area contributed by atoms with Gasteiger partial charge in [0.2, 0.25) is 0 Å². The summed E-state index contributed by atoms with van der Waals surface area (Å²) in [5, 5.41) is 11.5. The Labute approximate surface area is 78.3 Å². The van der Waals surface area contributed by atoms with Crippen molar-refractivity contribution in [3.05, 3.63) is 0 Å². The summed E-state index contributed by atoms with van der Waals surface area (Å²) >= 11 is 0. The van der Waals surface area contributed by atoms with Crippen molar-refractivity contribution < 1.29 is 14.6 Å². The van der Waals surface area contributed by atoms with Gasteiger partial charge in [0, 0.05) is 12.6 Å². The molecule has 0 aliphatic heterocycles. The van der Waals surface area contributed by atoms with Crippen LogP contribution in [0.3, 0.4) is 0 Å². The van der Waals surface area contributed by atoms with Gasteiger partial charge in [-0.05, 0) is 6.42 Å². The average Bonchev–Trinajstić information content (AvgIpc) is 2.17. The highest BCUT2D eigenvalue weighted by Crippen LogP contribution is 1.93. The number of ether oxygens (including phenoxy) is 1. The van der Waals surface area contributed by atoms with Gasteiger partial charge in [0.25, 0.3) is 0 Å². The van der Waals surface area contributed by atoms with Crippen LogP contribution in [0.15, 0.2) is 0 Å². The van der Waals surface area contributed by atoms with Crippen molar-refractivity contribution in [1.29, 1.82) is 0 Å². The molecule has 0 spiro atoms. The minimum Gasteiger partial charge on any atom is -0.468 e. The van der Waals surface area contributed by atoms with Crippen molar-refractivity contribution in [3.8, 4) is 0 Å². The Morgan fingerprint density at radius 3 is 2.69 bits per heavy atom. The zero-order valence-corrected chi connectivity index (χ0v) is 8.12. The van der Waals surface area contributed by atoms with E-state index in [0.29, 0.717) is 13.0 Å². The highest BCUT2D eigenvalue weighted by Gasteiger charge is 2.16. The number of aliphatic hydroxyl groups excluding tert-OH is 1. The largest absolute Gasteiger partial charge is 0.468 e. The summed E-state index contributed by atoms with van der Waals surface area (Å²) in [7, 11) is 1.35. The SMILES string of the molecule is CCC(NCC(N)CO)C(=O)OC. The summed E-state index contributed by atoms with van der Waals surface area (Å²) in [6, 6.07) is -0.665. The number of nitrogens with two attached hydrogens (primary N) is 1. The van der Waals surface area contributed by atoms with Crippen LogP contribution in [0.1, 0.15) is 13.3 Å². The van der Waals surface area contributed by atoms with Crippen molar-refractivity contribution >= 4 is 5.97 Å². The maximum Gasteiger partial charge on any atom is 0.322 e. The van der Waals surface area contributed by atoms with Crippen molar-refractivity contribution in [2.75, 3.05) is 20.3 Å². The van der Waals surface area contributed by atoms with Crippen LogP contribution in [0.25, 0.3) is 0 Å². The summed E-state index contributed by atoms with van der Waals surface area (Å²) in [5.74, 6) is -0.298. The second-order valence-electron chi connectivity index (χ2n) is 2.83. The molecule has 5 nitrogen and oxygen atoms in total. The first-order chi connectivity index (χ1) is 6.15. The second kappa shape index (κ2) is 6.82. The molecule has 0 aromatic rings.